The van der Waals surface area contributed by atoms with Crippen LogP contribution in [0.2, 0.25) is 0 Å². The van der Waals surface area contributed by atoms with Gasteiger partial charge in [-0.1, -0.05) is 6.07 Å². The molecule has 5 aromatic heterocycles. The molecule has 0 bridgehead atoms. The number of carbonyl (C=O) groups excluding carboxylic acids is 3. The third-order valence-corrected chi connectivity index (χ3v) is 12.9. The molecule has 422 valence electrons. The Labute approximate surface area is 485 Å². The van der Waals surface area contributed by atoms with Gasteiger partial charge in [-0.25, -0.2) is 19.6 Å². The molecule has 1 fully saturated rings. The van der Waals surface area contributed by atoms with Crippen LogP contribution in [0.25, 0.3) is 43.6 Å². The zero-order valence-electron chi connectivity index (χ0n) is 44.6. The van der Waals surface area contributed by atoms with E-state index in [1.807, 2.05) is 27.7 Å². The second-order valence-corrected chi connectivity index (χ2v) is 18.5. The van der Waals surface area contributed by atoms with Crippen LogP contribution >= 0.6 is 15.9 Å². The van der Waals surface area contributed by atoms with Crippen molar-refractivity contribution < 1.29 is 121 Å². The SMILES string of the molecule is COC(=O)c1cc(Br)c(N)cc1C(F)(F)F.COC(=O)c1cc2c(cc1C(F)(F)F)nc(N)c1cnn(C)c12.Cn1ncc(C#N)c1B1OC(C)(C)C(C)(C)O1.Cn1ncc2c(N)nc3cc(C(F)(F)F)c([C-]=O)cc3c21.[Li+].[Li+].[OH-].[OH-]. The number of pyridine rings is 2. The first kappa shape index (κ1) is 70.2. The molecule has 0 unspecified atom stereocenters. The molecule has 9 rings (SSSR count). The predicted molar refractivity (Wildman–Crippen MR) is 269 cm³/mol. The van der Waals surface area contributed by atoms with E-state index in [0.29, 0.717) is 49.8 Å². The number of ether oxygens (including phenoxy) is 2. The van der Waals surface area contributed by atoms with Crippen molar-refractivity contribution in [2.75, 3.05) is 31.4 Å². The summed E-state index contributed by atoms with van der Waals surface area (Å²) >= 11 is 2.94. The van der Waals surface area contributed by atoms with E-state index in [-0.39, 0.29) is 81.5 Å². The number of benzene rings is 3. The number of methoxy groups -OCH3 is 2. The Morgan fingerprint density at radius 3 is 1.46 bits per heavy atom. The van der Waals surface area contributed by atoms with Crippen molar-refractivity contribution in [2.24, 2.45) is 21.1 Å². The van der Waals surface area contributed by atoms with Gasteiger partial charge >= 0.3 is 75.3 Å². The molecule has 0 amide bonds. The molecule has 8 aromatic rings. The Bertz CT molecular complexity index is 3690. The first-order chi connectivity index (χ1) is 35.6. The molecule has 3 aromatic carbocycles. The van der Waals surface area contributed by atoms with Crippen molar-refractivity contribution in [3.05, 3.63) is 98.4 Å². The number of rotatable bonds is 4. The van der Waals surface area contributed by atoms with Crippen LogP contribution in [0, 0.1) is 11.3 Å². The number of nitrogen functional groups attached to an aromatic ring is 3. The Morgan fingerprint density at radius 1 is 0.654 bits per heavy atom. The molecular formula is C47H44BBrF9Li2N12O9-. The summed E-state index contributed by atoms with van der Waals surface area (Å²) in [4.78, 5) is 41.7. The number of hydrogen-bond acceptors (Lipinski definition) is 18. The first-order valence-corrected chi connectivity index (χ1v) is 22.6. The van der Waals surface area contributed by atoms with E-state index >= 15 is 0 Å². The number of anilines is 3. The number of hydrogen-bond donors (Lipinski definition) is 3. The average molecular weight is 1200 g/mol. The second kappa shape index (κ2) is 25.9. The molecular weight excluding hydrogens is 1150 g/mol. The van der Waals surface area contributed by atoms with E-state index in [1.165, 1.54) is 34.2 Å². The summed E-state index contributed by atoms with van der Waals surface area (Å²) in [6, 6.07) is 7.61. The molecule has 0 aliphatic carbocycles. The number of aromatic nitrogens is 8. The number of nitrogens with two attached hydrogens (primary N) is 3. The summed E-state index contributed by atoms with van der Waals surface area (Å²) in [7, 11) is 6.52. The quantitative estimate of drug-likeness (QED) is 0.0743. The summed E-state index contributed by atoms with van der Waals surface area (Å²) in [6.07, 6.45) is -8.26. The third-order valence-electron chi connectivity index (χ3n) is 12.2. The maximum absolute atomic E-state index is 13.2. The van der Waals surface area contributed by atoms with E-state index in [4.69, 9.17) is 31.8 Å². The van der Waals surface area contributed by atoms with Gasteiger partial charge in [-0.05, 0) is 78.8 Å². The van der Waals surface area contributed by atoms with Gasteiger partial charge in [-0.2, -0.15) is 60.1 Å². The number of carbonyl (C=O) groups is 2. The minimum absolute atomic E-state index is 0. The number of fused-ring (bicyclic) bond motifs is 6. The second-order valence-electron chi connectivity index (χ2n) is 17.6. The third kappa shape index (κ3) is 14.2. The summed E-state index contributed by atoms with van der Waals surface area (Å²) in [5.41, 5.74) is 13.2. The number of nitriles is 1. The van der Waals surface area contributed by atoms with Gasteiger partial charge in [0.05, 0.1) is 117 Å². The van der Waals surface area contributed by atoms with Crippen molar-refractivity contribution >= 4 is 108 Å². The molecule has 6 heterocycles. The largest absolute Gasteiger partial charge is 1.00 e. The monoisotopic (exact) mass is 1200 g/mol. The van der Waals surface area contributed by atoms with E-state index in [2.05, 4.69) is 56.7 Å². The molecule has 1 aliphatic rings. The van der Waals surface area contributed by atoms with Gasteiger partial charge in [0.2, 0.25) is 0 Å². The Morgan fingerprint density at radius 2 is 1.05 bits per heavy atom. The van der Waals surface area contributed by atoms with Gasteiger partial charge in [0.15, 0.2) is 0 Å². The van der Waals surface area contributed by atoms with E-state index < -0.39 is 82.2 Å². The fraction of sp³-hybridized carbons (Fsp3) is 0.298. The predicted octanol–water partition coefficient (Wildman–Crippen LogP) is 1.77. The van der Waals surface area contributed by atoms with Crippen LogP contribution in [0.1, 0.15) is 76.2 Å². The van der Waals surface area contributed by atoms with Crippen LogP contribution in [0.4, 0.5) is 56.8 Å². The summed E-state index contributed by atoms with van der Waals surface area (Å²) in [5, 5.41) is 22.9. The fourth-order valence-electron chi connectivity index (χ4n) is 7.71. The van der Waals surface area contributed by atoms with E-state index in [0.717, 1.165) is 44.6 Å². The topological polar surface area (TPSA) is 329 Å². The number of halogens is 10. The molecule has 0 radical (unpaired) electrons. The number of alkyl halides is 9. The van der Waals surface area contributed by atoms with Crippen molar-refractivity contribution in [3.63, 3.8) is 0 Å². The minimum Gasteiger partial charge on any atom is -0.870 e. The maximum atomic E-state index is 13.2. The van der Waals surface area contributed by atoms with Crippen LogP contribution < -0.4 is 60.5 Å². The minimum atomic E-state index is -4.73. The van der Waals surface area contributed by atoms with Gasteiger partial charge < -0.3 is 51.7 Å². The first-order valence-electron chi connectivity index (χ1n) is 21.8. The Kier molecular flexibility index (Phi) is 22.4. The Hall–Kier alpha value is -6.92. The van der Waals surface area contributed by atoms with Crippen molar-refractivity contribution in [3.8, 4) is 6.07 Å². The molecule has 81 heavy (non-hydrogen) atoms. The Balaban J connectivity index is 0.000000367. The standard InChI is InChI=1S/C14H11F3N4O2.C13H8F3N4O.C11H16BN3O2.C9H7BrF3NO2.2Li.2H2O/c1-21-11-7-3-6(13(22)23-2)9(14(15,16)17)4-10(7)20-12(18)8(11)5-19-21;1-20-11-7-2-6(5-21)9(13(14,15)16)3-10(7)19-12(17)8(11)4-18-20;1-10(2)11(3,4)17-12(16-10)9-8(6-13)7-14-15(9)5;1-16-8(15)4-2-6(10)7(14)3-5(4)9(11,12)13;;;;/h3-5H,1-2H3,(H2,18,20);2-4H,1H3,(H2,17,19);7H,1-5H3;2-3H,14H2,1H3;;;2*1H2/q;-1;;;2*+1;;/p-2. The average Bonchev–Trinajstić information content (AvgIpc) is 4.10. The zero-order valence-corrected chi connectivity index (χ0v) is 46.1. The molecule has 34 heteroatoms. The van der Waals surface area contributed by atoms with E-state index in [1.54, 1.807) is 25.8 Å². The van der Waals surface area contributed by atoms with Crippen molar-refractivity contribution in [2.45, 2.75) is 57.4 Å². The van der Waals surface area contributed by atoms with Crippen LogP contribution in [0.3, 0.4) is 0 Å². The van der Waals surface area contributed by atoms with Crippen molar-refractivity contribution in [1.29, 1.82) is 5.26 Å². The normalized spacial score (nSPS) is 13.3. The molecule has 0 spiro atoms. The van der Waals surface area contributed by atoms with Crippen LogP contribution in [-0.4, -0.2) is 101 Å². The summed E-state index contributed by atoms with van der Waals surface area (Å²) in [5.74, 6) is -1.99. The van der Waals surface area contributed by atoms with Gasteiger partial charge in [-0.3, -0.25) is 14.0 Å². The van der Waals surface area contributed by atoms with Gasteiger partial charge in [0, 0.05) is 36.7 Å². The molecule has 21 nitrogen and oxygen atoms in total. The summed E-state index contributed by atoms with van der Waals surface area (Å²) < 4.78 is 142. The number of esters is 2. The molecule has 1 saturated heterocycles. The molecule has 1 aliphatic heterocycles. The zero-order chi connectivity index (χ0) is 57.7. The van der Waals surface area contributed by atoms with Crippen molar-refractivity contribution in [1.82, 2.24) is 39.3 Å². The van der Waals surface area contributed by atoms with Gasteiger partial charge in [0.1, 0.15) is 17.7 Å². The summed E-state index contributed by atoms with van der Waals surface area (Å²) in [6.45, 7) is 7.93. The van der Waals surface area contributed by atoms with Crippen LogP contribution in [-0.2, 0) is 63.2 Å². The maximum Gasteiger partial charge on any atom is 1.00 e. The fourth-order valence-corrected chi connectivity index (χ4v) is 8.06. The smallest absolute Gasteiger partial charge is 0.870 e. The number of aryl methyl sites for hydroxylation is 3. The van der Waals surface area contributed by atoms with Gasteiger partial charge in [-0.15, -0.1) is 11.6 Å². The van der Waals surface area contributed by atoms with Crippen LogP contribution in [0.15, 0.2) is 59.5 Å². The van der Waals surface area contributed by atoms with Gasteiger partial charge in [0.25, 0.3) is 0 Å². The molecule has 0 saturated carbocycles. The molecule has 8 N–H and O–H groups in total. The van der Waals surface area contributed by atoms with Crippen LogP contribution in [0.5, 0.6) is 0 Å². The van der Waals surface area contributed by atoms with E-state index in [9.17, 15) is 53.9 Å². The molecule has 0 atom stereocenters. The number of nitrogens with zero attached hydrogens (tertiary/aromatic N) is 9.